The van der Waals surface area contributed by atoms with Gasteiger partial charge in [-0.25, -0.2) is 13.6 Å². The summed E-state index contributed by atoms with van der Waals surface area (Å²) in [5.74, 6) is -3.69. The largest absolute Gasteiger partial charge is 0.444 e. The lowest BCUT2D eigenvalue weighted by molar-refractivity contribution is -0.137. The van der Waals surface area contributed by atoms with Crippen molar-refractivity contribution in [2.24, 2.45) is 0 Å². The van der Waals surface area contributed by atoms with Crippen molar-refractivity contribution in [3.63, 3.8) is 0 Å². The number of anilines is 2. The summed E-state index contributed by atoms with van der Waals surface area (Å²) in [7, 11) is 0. The maximum atomic E-state index is 13.9. The molecule has 0 radical (unpaired) electrons. The van der Waals surface area contributed by atoms with E-state index in [1.54, 1.807) is 0 Å². The number of fused-ring (bicyclic) bond motifs is 3. The molecule has 5 rings (SSSR count). The highest BCUT2D eigenvalue weighted by Crippen LogP contribution is 2.45. The number of cyclic esters (lactones) is 1. The average molecular weight is 538 g/mol. The van der Waals surface area contributed by atoms with E-state index in [2.05, 4.69) is 16.0 Å². The minimum atomic E-state index is -4.90. The van der Waals surface area contributed by atoms with Gasteiger partial charge < -0.3 is 15.4 Å². The Balaban J connectivity index is 1.65. The van der Waals surface area contributed by atoms with E-state index in [0.717, 1.165) is 12.1 Å². The lowest BCUT2D eigenvalue weighted by Gasteiger charge is -2.23. The van der Waals surface area contributed by atoms with Gasteiger partial charge in [-0.15, -0.1) is 0 Å². The third-order valence-corrected chi connectivity index (χ3v) is 6.16. The second-order valence-corrected chi connectivity index (χ2v) is 8.61. The van der Waals surface area contributed by atoms with Crippen molar-refractivity contribution in [2.75, 3.05) is 10.6 Å². The Morgan fingerprint density at radius 3 is 2.51 bits per heavy atom. The van der Waals surface area contributed by atoms with Gasteiger partial charge >= 0.3 is 12.3 Å². The number of benzene rings is 3. The fourth-order valence-electron chi connectivity index (χ4n) is 4.25. The zero-order valence-electron chi connectivity index (χ0n) is 18.2. The molecule has 2 aliphatic rings. The van der Waals surface area contributed by atoms with E-state index in [1.807, 2.05) is 0 Å². The minimum absolute atomic E-state index is 0.0416. The van der Waals surface area contributed by atoms with E-state index in [9.17, 15) is 36.3 Å². The maximum absolute atomic E-state index is 13.9. The molecule has 1 unspecified atom stereocenters. The first-order valence-electron chi connectivity index (χ1n) is 10.5. The zero-order valence-corrected chi connectivity index (χ0v) is 19.0. The molecule has 37 heavy (non-hydrogen) atoms. The van der Waals surface area contributed by atoms with E-state index in [4.69, 9.17) is 16.3 Å². The summed E-state index contributed by atoms with van der Waals surface area (Å²) in [6, 6.07) is 5.12. The summed E-state index contributed by atoms with van der Waals surface area (Å²) in [5, 5.41) is 7.45. The SMILES string of the molecule is O=C1Nc2c(cc(NC(=O)c3cc(F)cc(C(F)(F)F)c3)c3c2C(=O)NC3c2ccc(F)cc2Cl)CO1. The number of hydrogen-bond acceptors (Lipinski definition) is 4. The molecule has 190 valence electrons. The topological polar surface area (TPSA) is 96.5 Å². The molecule has 7 nitrogen and oxygen atoms in total. The summed E-state index contributed by atoms with van der Waals surface area (Å²) in [5.41, 5.74) is -1.34. The van der Waals surface area contributed by atoms with Crippen LogP contribution >= 0.6 is 11.6 Å². The van der Waals surface area contributed by atoms with Crippen LogP contribution in [0.1, 0.15) is 49.0 Å². The predicted octanol–water partition coefficient (Wildman–Crippen LogP) is 5.78. The Hall–Kier alpha value is -4.19. The molecule has 0 saturated heterocycles. The molecule has 0 bridgehead atoms. The molecule has 0 aliphatic carbocycles. The van der Waals surface area contributed by atoms with Crippen molar-refractivity contribution >= 4 is 40.9 Å². The summed E-state index contributed by atoms with van der Waals surface area (Å²) in [6.45, 7) is -0.273. The maximum Gasteiger partial charge on any atom is 0.416 e. The molecule has 0 aromatic heterocycles. The first kappa shape index (κ1) is 24.5. The lowest BCUT2D eigenvalue weighted by atomic mass is 9.92. The molecule has 2 aliphatic heterocycles. The van der Waals surface area contributed by atoms with Crippen LogP contribution in [0.2, 0.25) is 5.02 Å². The van der Waals surface area contributed by atoms with Crippen molar-refractivity contribution in [3.8, 4) is 0 Å². The van der Waals surface area contributed by atoms with Crippen molar-refractivity contribution in [3.05, 3.63) is 92.5 Å². The zero-order chi connectivity index (χ0) is 26.6. The van der Waals surface area contributed by atoms with Crippen LogP contribution in [0.15, 0.2) is 42.5 Å². The fourth-order valence-corrected chi connectivity index (χ4v) is 4.53. The van der Waals surface area contributed by atoms with Crippen LogP contribution in [0.5, 0.6) is 0 Å². The molecule has 13 heteroatoms. The summed E-state index contributed by atoms with van der Waals surface area (Å²) in [4.78, 5) is 37.8. The monoisotopic (exact) mass is 537 g/mol. The molecule has 3 aromatic rings. The van der Waals surface area contributed by atoms with Gasteiger partial charge in [-0.05, 0) is 42.0 Å². The van der Waals surface area contributed by atoms with E-state index < -0.39 is 52.9 Å². The van der Waals surface area contributed by atoms with Crippen molar-refractivity contribution in [1.82, 2.24) is 5.32 Å². The van der Waals surface area contributed by atoms with Gasteiger partial charge in [-0.3, -0.25) is 14.9 Å². The van der Waals surface area contributed by atoms with E-state index in [0.29, 0.717) is 12.1 Å². The van der Waals surface area contributed by atoms with Gasteiger partial charge in [0.15, 0.2) is 0 Å². The normalized spacial score (nSPS) is 16.3. The second kappa shape index (κ2) is 8.73. The van der Waals surface area contributed by atoms with Crippen molar-refractivity contribution in [2.45, 2.75) is 18.8 Å². The number of alkyl halides is 3. The molecule has 3 aromatic carbocycles. The first-order valence-corrected chi connectivity index (χ1v) is 10.9. The van der Waals surface area contributed by atoms with Gasteiger partial charge in [-0.2, -0.15) is 13.2 Å². The molecule has 0 spiro atoms. The van der Waals surface area contributed by atoms with Gasteiger partial charge in [0.1, 0.15) is 18.2 Å². The molecular weight excluding hydrogens is 525 g/mol. The van der Waals surface area contributed by atoms with E-state index in [1.165, 1.54) is 12.1 Å². The van der Waals surface area contributed by atoms with Gasteiger partial charge in [0.2, 0.25) is 0 Å². The van der Waals surface area contributed by atoms with E-state index in [-0.39, 0.29) is 51.3 Å². The molecule has 3 N–H and O–H groups in total. The Kier molecular flexibility index (Phi) is 5.78. The predicted molar refractivity (Wildman–Crippen MR) is 120 cm³/mol. The highest BCUT2D eigenvalue weighted by Gasteiger charge is 2.39. The summed E-state index contributed by atoms with van der Waals surface area (Å²) >= 11 is 6.21. The molecule has 0 fully saturated rings. The number of halogens is 6. The summed E-state index contributed by atoms with van der Waals surface area (Å²) < 4.78 is 72.0. The van der Waals surface area contributed by atoms with Gasteiger partial charge in [0.05, 0.1) is 22.9 Å². The Labute approximate surface area is 209 Å². The van der Waals surface area contributed by atoms with Crippen LogP contribution in [-0.2, 0) is 17.5 Å². The third kappa shape index (κ3) is 4.44. The standard InChI is InChI=1S/C24H13ClF5N3O4/c25-15-7-12(26)1-2-14(15)20-17-16(5-10-8-37-23(36)33-19(10)18(17)22(35)32-20)31-21(34)9-3-11(24(28,29)30)6-13(27)4-9/h1-7,20H,8H2,(H,31,34)(H,32,35)(H,33,36). The van der Waals surface area contributed by atoms with Crippen molar-refractivity contribution < 1.29 is 41.1 Å². The number of carbonyl (C=O) groups is 3. The number of hydrogen-bond donors (Lipinski definition) is 3. The van der Waals surface area contributed by atoms with Crippen LogP contribution in [0.3, 0.4) is 0 Å². The Morgan fingerprint density at radius 2 is 1.81 bits per heavy atom. The first-order chi connectivity index (χ1) is 17.4. The van der Waals surface area contributed by atoms with Crippen LogP contribution in [0.4, 0.5) is 38.1 Å². The van der Waals surface area contributed by atoms with E-state index >= 15 is 0 Å². The lowest BCUT2D eigenvalue weighted by Crippen LogP contribution is -2.24. The number of rotatable bonds is 3. The molecule has 1 atom stereocenters. The Morgan fingerprint density at radius 1 is 1.05 bits per heavy atom. The quantitative estimate of drug-likeness (QED) is 0.369. The fraction of sp³-hybridized carbons (Fsp3) is 0.125. The van der Waals surface area contributed by atoms with Crippen LogP contribution < -0.4 is 16.0 Å². The number of ether oxygens (including phenoxy) is 1. The third-order valence-electron chi connectivity index (χ3n) is 5.84. The number of amides is 3. The van der Waals surface area contributed by atoms with Gasteiger partial charge in [0, 0.05) is 27.4 Å². The number of nitrogens with one attached hydrogen (secondary N) is 3. The minimum Gasteiger partial charge on any atom is -0.444 e. The highest BCUT2D eigenvalue weighted by atomic mass is 35.5. The van der Waals surface area contributed by atoms with Crippen LogP contribution in [-0.4, -0.2) is 17.9 Å². The Bertz CT molecular complexity index is 1510. The smallest absolute Gasteiger partial charge is 0.416 e. The molecular formula is C24H13ClF5N3O4. The second-order valence-electron chi connectivity index (χ2n) is 8.20. The van der Waals surface area contributed by atoms with Gasteiger partial charge in [0.25, 0.3) is 11.8 Å². The van der Waals surface area contributed by atoms with Crippen LogP contribution in [0, 0.1) is 11.6 Å². The van der Waals surface area contributed by atoms with Crippen LogP contribution in [0.25, 0.3) is 0 Å². The molecule has 2 heterocycles. The molecule has 3 amide bonds. The average Bonchev–Trinajstić information content (AvgIpc) is 3.16. The summed E-state index contributed by atoms with van der Waals surface area (Å²) in [6.07, 6.45) is -5.73. The van der Waals surface area contributed by atoms with Crippen molar-refractivity contribution in [1.29, 1.82) is 0 Å². The van der Waals surface area contributed by atoms with Gasteiger partial charge in [-0.1, -0.05) is 17.7 Å². The molecule has 0 saturated carbocycles. The highest BCUT2D eigenvalue weighted by molar-refractivity contribution is 6.31. The number of carbonyl (C=O) groups excluding carboxylic acids is 3.